The van der Waals surface area contributed by atoms with Crippen LogP contribution in [0.1, 0.15) is 15.2 Å². The molecule has 1 aromatic heterocycles. The zero-order chi connectivity index (χ0) is 13.0. The molecule has 0 fully saturated rings. The van der Waals surface area contributed by atoms with E-state index in [1.54, 1.807) is 30.3 Å². The lowest BCUT2D eigenvalue weighted by Gasteiger charge is -2.08. The van der Waals surface area contributed by atoms with Crippen molar-refractivity contribution in [2.24, 2.45) is 5.73 Å². The molecular weight excluding hydrogens is 328 g/mol. The summed E-state index contributed by atoms with van der Waals surface area (Å²) >= 11 is 1.37. The molecule has 1 aromatic carbocycles. The predicted molar refractivity (Wildman–Crippen MR) is 82.2 cm³/mol. The third-order valence-corrected chi connectivity index (χ3v) is 3.24. The van der Waals surface area contributed by atoms with Gasteiger partial charge in [-0.15, -0.1) is 28.3 Å². The number of nitrogens with one attached hydrogen (secondary N) is 1. The molecule has 0 bridgehead atoms. The Labute approximate surface area is 125 Å². The normalized spacial score (nSPS) is 9.53. The van der Waals surface area contributed by atoms with Crippen molar-refractivity contribution in [1.82, 2.24) is 0 Å². The number of hydrogen-bond acceptors (Lipinski definition) is 4. The highest BCUT2D eigenvalue weighted by molar-refractivity contribution is 8.93. The van der Waals surface area contributed by atoms with Crippen LogP contribution in [0.2, 0.25) is 0 Å². The van der Waals surface area contributed by atoms with E-state index in [0.717, 1.165) is 0 Å². The van der Waals surface area contributed by atoms with Crippen molar-refractivity contribution in [2.45, 2.75) is 0 Å². The van der Waals surface area contributed by atoms with Crippen LogP contribution in [0.5, 0.6) is 0 Å². The number of para-hydroxylation sites is 1. The third kappa shape index (κ3) is 3.73. The first-order valence-corrected chi connectivity index (χ1v) is 6.27. The van der Waals surface area contributed by atoms with Crippen LogP contribution in [0.3, 0.4) is 0 Å². The number of hydrogen-bond donors (Lipinski definition) is 2. The smallest absolute Gasteiger partial charge is 0.238 e. The molecule has 0 saturated carbocycles. The molecule has 0 aliphatic rings. The third-order valence-electron chi connectivity index (χ3n) is 2.38. The zero-order valence-electron chi connectivity index (χ0n) is 9.96. The first-order chi connectivity index (χ1) is 8.72. The van der Waals surface area contributed by atoms with E-state index in [0.29, 0.717) is 16.1 Å². The van der Waals surface area contributed by atoms with Gasteiger partial charge >= 0.3 is 0 Å². The molecule has 0 saturated heterocycles. The molecule has 100 valence electrons. The number of carbonyl (C=O) groups is 2. The molecule has 0 spiro atoms. The van der Waals surface area contributed by atoms with Gasteiger partial charge < -0.3 is 11.1 Å². The number of anilines is 1. The highest BCUT2D eigenvalue weighted by atomic mass is 79.9. The number of ketones is 1. The Kier molecular flexibility index (Phi) is 5.88. The van der Waals surface area contributed by atoms with Gasteiger partial charge in [-0.2, -0.15) is 0 Å². The average Bonchev–Trinajstić information content (AvgIpc) is 2.92. The first kappa shape index (κ1) is 15.6. The van der Waals surface area contributed by atoms with Crippen molar-refractivity contribution < 1.29 is 9.59 Å². The van der Waals surface area contributed by atoms with Crippen LogP contribution in [0.25, 0.3) is 0 Å². The topological polar surface area (TPSA) is 72.2 Å². The molecule has 0 aliphatic carbocycles. The summed E-state index contributed by atoms with van der Waals surface area (Å²) < 4.78 is 0. The van der Waals surface area contributed by atoms with Crippen molar-refractivity contribution in [3.8, 4) is 0 Å². The van der Waals surface area contributed by atoms with E-state index in [9.17, 15) is 9.59 Å². The minimum atomic E-state index is -0.318. The van der Waals surface area contributed by atoms with Crippen LogP contribution in [0.15, 0.2) is 41.8 Å². The maximum atomic E-state index is 12.2. The molecule has 3 N–H and O–H groups in total. The second kappa shape index (κ2) is 7.18. The maximum absolute atomic E-state index is 12.2. The van der Waals surface area contributed by atoms with Gasteiger partial charge in [0, 0.05) is 5.56 Å². The molecule has 0 radical (unpaired) electrons. The summed E-state index contributed by atoms with van der Waals surface area (Å²) in [5, 5.41) is 4.46. The summed E-state index contributed by atoms with van der Waals surface area (Å²) in [4.78, 5) is 24.2. The van der Waals surface area contributed by atoms with Gasteiger partial charge in [0.05, 0.1) is 17.1 Å². The number of amides is 1. The number of benzene rings is 1. The maximum Gasteiger partial charge on any atom is 0.238 e. The largest absolute Gasteiger partial charge is 0.324 e. The molecule has 0 atom stereocenters. The highest BCUT2D eigenvalue weighted by Crippen LogP contribution is 2.21. The van der Waals surface area contributed by atoms with Crippen molar-refractivity contribution in [3.05, 3.63) is 52.2 Å². The van der Waals surface area contributed by atoms with Crippen LogP contribution in [0.4, 0.5) is 5.69 Å². The Balaban J connectivity index is 0.00000180. The van der Waals surface area contributed by atoms with Crippen LogP contribution in [0, 0.1) is 0 Å². The number of carbonyl (C=O) groups excluding carboxylic acids is 2. The Morgan fingerprint density at radius 3 is 2.53 bits per heavy atom. The number of halogens is 1. The van der Waals surface area contributed by atoms with Gasteiger partial charge in [-0.1, -0.05) is 18.2 Å². The summed E-state index contributed by atoms with van der Waals surface area (Å²) in [5.41, 5.74) is 6.21. The predicted octanol–water partition coefficient (Wildman–Crippen LogP) is 2.45. The van der Waals surface area contributed by atoms with Crippen molar-refractivity contribution in [2.75, 3.05) is 11.9 Å². The number of nitrogens with two attached hydrogens (primary N) is 1. The molecule has 19 heavy (non-hydrogen) atoms. The fourth-order valence-corrected chi connectivity index (χ4v) is 2.21. The Hall–Kier alpha value is -1.50. The lowest BCUT2D eigenvalue weighted by Crippen LogP contribution is -2.23. The quantitative estimate of drug-likeness (QED) is 0.839. The van der Waals surface area contributed by atoms with Gasteiger partial charge in [-0.3, -0.25) is 9.59 Å². The Morgan fingerprint density at radius 1 is 1.16 bits per heavy atom. The van der Waals surface area contributed by atoms with Gasteiger partial charge in [0.2, 0.25) is 11.7 Å². The van der Waals surface area contributed by atoms with Crippen LogP contribution < -0.4 is 11.1 Å². The van der Waals surface area contributed by atoms with E-state index in [4.69, 9.17) is 5.73 Å². The summed E-state index contributed by atoms with van der Waals surface area (Å²) in [6, 6.07) is 10.5. The Morgan fingerprint density at radius 2 is 1.89 bits per heavy atom. The van der Waals surface area contributed by atoms with Crippen LogP contribution >= 0.6 is 28.3 Å². The molecule has 1 heterocycles. The summed E-state index contributed by atoms with van der Waals surface area (Å²) in [7, 11) is 0. The molecule has 1 amide bonds. The highest BCUT2D eigenvalue weighted by Gasteiger charge is 2.14. The van der Waals surface area contributed by atoms with Gasteiger partial charge in [0.1, 0.15) is 0 Å². The molecule has 4 nitrogen and oxygen atoms in total. The van der Waals surface area contributed by atoms with Crippen molar-refractivity contribution in [3.63, 3.8) is 0 Å². The van der Waals surface area contributed by atoms with Gasteiger partial charge in [0.15, 0.2) is 0 Å². The van der Waals surface area contributed by atoms with Gasteiger partial charge in [-0.25, -0.2) is 0 Å². The lowest BCUT2D eigenvalue weighted by molar-refractivity contribution is -0.114. The SMILES string of the molecule is Br.NCC(=O)Nc1ccccc1C(=O)c1cccs1. The minimum Gasteiger partial charge on any atom is -0.324 e. The summed E-state index contributed by atoms with van der Waals surface area (Å²) in [5.74, 6) is -0.417. The van der Waals surface area contributed by atoms with Gasteiger partial charge in [0.25, 0.3) is 0 Å². The van der Waals surface area contributed by atoms with E-state index in [2.05, 4.69) is 5.32 Å². The van der Waals surface area contributed by atoms with Crippen molar-refractivity contribution in [1.29, 1.82) is 0 Å². The molecular formula is C13H13BrN2O2S. The molecule has 6 heteroatoms. The van der Waals surface area contributed by atoms with E-state index in [1.807, 2.05) is 11.4 Å². The van der Waals surface area contributed by atoms with Gasteiger partial charge in [-0.05, 0) is 23.6 Å². The van der Waals surface area contributed by atoms with E-state index in [-0.39, 0.29) is 35.2 Å². The molecule has 0 aliphatic heterocycles. The van der Waals surface area contributed by atoms with E-state index >= 15 is 0 Å². The fraction of sp³-hybridized carbons (Fsp3) is 0.0769. The molecule has 0 unspecified atom stereocenters. The first-order valence-electron chi connectivity index (χ1n) is 5.39. The van der Waals surface area contributed by atoms with Crippen LogP contribution in [-0.2, 0) is 4.79 Å². The molecule has 2 aromatic rings. The average molecular weight is 341 g/mol. The second-order valence-corrected chi connectivity index (χ2v) is 4.55. The van der Waals surface area contributed by atoms with E-state index in [1.165, 1.54) is 11.3 Å². The summed E-state index contributed by atoms with van der Waals surface area (Å²) in [6.07, 6.45) is 0. The molecule has 2 rings (SSSR count). The zero-order valence-corrected chi connectivity index (χ0v) is 12.5. The standard InChI is InChI=1S/C13H12N2O2S.BrH/c14-8-12(16)15-10-5-2-1-4-9(10)13(17)11-6-3-7-18-11;/h1-7H,8,14H2,(H,15,16);1H. The van der Waals surface area contributed by atoms with Crippen molar-refractivity contribution >= 4 is 45.7 Å². The lowest BCUT2D eigenvalue weighted by atomic mass is 10.1. The number of thiophene rings is 1. The number of rotatable bonds is 4. The Bertz CT molecular complexity index is 570. The fourth-order valence-electron chi connectivity index (χ4n) is 1.53. The van der Waals surface area contributed by atoms with E-state index < -0.39 is 0 Å². The van der Waals surface area contributed by atoms with Crippen LogP contribution in [-0.4, -0.2) is 18.2 Å². The second-order valence-electron chi connectivity index (χ2n) is 3.60. The summed E-state index contributed by atoms with van der Waals surface area (Å²) in [6.45, 7) is -0.110. The monoisotopic (exact) mass is 340 g/mol. The minimum absolute atomic E-state index is 0.